The Kier molecular flexibility index (Phi) is 3.03. The zero-order chi connectivity index (χ0) is 15.1. The number of carbonyl (C=O) groups is 1. The van der Waals surface area contributed by atoms with Crippen LogP contribution in [0.5, 0.6) is 17.2 Å². The Morgan fingerprint density at radius 1 is 1.09 bits per heavy atom. The van der Waals surface area contributed by atoms with Crippen molar-refractivity contribution in [1.29, 1.82) is 0 Å². The maximum atomic E-state index is 12.1. The minimum Gasteiger partial charge on any atom is -0.497 e. The van der Waals surface area contributed by atoms with Gasteiger partial charge in [-0.25, -0.2) is 0 Å². The Morgan fingerprint density at radius 2 is 1.82 bits per heavy atom. The van der Waals surface area contributed by atoms with Crippen molar-refractivity contribution in [1.82, 2.24) is 0 Å². The van der Waals surface area contributed by atoms with Gasteiger partial charge >= 0.3 is 0 Å². The number of methoxy groups -OCH3 is 1. The molecule has 2 aromatic rings. The van der Waals surface area contributed by atoms with E-state index in [2.05, 4.69) is 0 Å². The molecule has 0 saturated heterocycles. The van der Waals surface area contributed by atoms with E-state index < -0.39 is 0 Å². The predicted molar refractivity (Wildman–Crippen MR) is 80.7 cm³/mol. The predicted octanol–water partition coefficient (Wildman–Crippen LogP) is 3.07. The van der Waals surface area contributed by atoms with Gasteiger partial charge in [-0.2, -0.15) is 0 Å². The summed E-state index contributed by atoms with van der Waals surface area (Å²) in [6, 6.07) is 11.9. The lowest BCUT2D eigenvalue weighted by atomic mass is 9.78. The summed E-state index contributed by atoms with van der Waals surface area (Å²) >= 11 is 0. The highest BCUT2D eigenvalue weighted by Crippen LogP contribution is 2.43. The molecule has 0 fully saturated rings. The van der Waals surface area contributed by atoms with Gasteiger partial charge in [-0.3, -0.25) is 4.79 Å². The van der Waals surface area contributed by atoms with Gasteiger partial charge < -0.3 is 14.2 Å². The Hall–Kier alpha value is -2.49. The molecule has 112 valence electrons. The molecule has 4 rings (SSSR count). The van der Waals surface area contributed by atoms with E-state index in [9.17, 15) is 4.79 Å². The third kappa shape index (κ3) is 2.11. The van der Waals surface area contributed by atoms with Crippen molar-refractivity contribution in [3.63, 3.8) is 0 Å². The third-order valence-electron chi connectivity index (χ3n) is 4.35. The van der Waals surface area contributed by atoms with Gasteiger partial charge in [-0.1, -0.05) is 12.1 Å². The largest absolute Gasteiger partial charge is 0.497 e. The second-order valence-corrected chi connectivity index (χ2v) is 5.65. The van der Waals surface area contributed by atoms with Crippen LogP contribution in [0.15, 0.2) is 36.4 Å². The quantitative estimate of drug-likeness (QED) is 0.854. The van der Waals surface area contributed by atoms with Gasteiger partial charge in [0, 0.05) is 18.8 Å². The Labute approximate surface area is 128 Å². The molecule has 1 unspecified atom stereocenters. The van der Waals surface area contributed by atoms with Crippen molar-refractivity contribution < 1.29 is 19.0 Å². The van der Waals surface area contributed by atoms with Crippen molar-refractivity contribution in [3.8, 4) is 17.2 Å². The van der Waals surface area contributed by atoms with E-state index in [1.807, 2.05) is 36.4 Å². The molecular weight excluding hydrogens is 280 g/mol. The molecule has 4 nitrogen and oxygen atoms in total. The first-order chi connectivity index (χ1) is 10.7. The molecule has 0 radical (unpaired) electrons. The lowest BCUT2D eigenvalue weighted by Gasteiger charge is -2.25. The summed E-state index contributed by atoms with van der Waals surface area (Å²) < 4.78 is 16.1. The van der Waals surface area contributed by atoms with Gasteiger partial charge in [-0.05, 0) is 41.0 Å². The van der Waals surface area contributed by atoms with E-state index in [0.717, 1.165) is 33.9 Å². The molecule has 1 heterocycles. The lowest BCUT2D eigenvalue weighted by Crippen LogP contribution is -2.19. The second kappa shape index (κ2) is 5.05. The van der Waals surface area contributed by atoms with Crippen molar-refractivity contribution in [2.24, 2.45) is 0 Å². The normalized spacial score (nSPS) is 19.0. The first-order valence-electron chi connectivity index (χ1n) is 7.32. The standard InChI is InChI=1S/C18H16O4/c1-20-14-4-2-11(3-5-14)15-8-13(19)6-12-7-17-18(9-16(12)15)22-10-21-17/h2-5,7,9,15H,6,8,10H2,1H3. The number of fused-ring (bicyclic) bond motifs is 2. The molecule has 2 aromatic carbocycles. The fourth-order valence-electron chi connectivity index (χ4n) is 3.23. The van der Waals surface area contributed by atoms with Gasteiger partial charge in [0.05, 0.1) is 7.11 Å². The SMILES string of the molecule is COc1ccc(C2CC(=O)Cc3cc4c(cc32)OCO4)cc1. The molecule has 2 aliphatic rings. The number of hydrogen-bond donors (Lipinski definition) is 0. The van der Waals surface area contributed by atoms with Crippen LogP contribution in [0.25, 0.3) is 0 Å². The maximum Gasteiger partial charge on any atom is 0.231 e. The van der Waals surface area contributed by atoms with Gasteiger partial charge in [-0.15, -0.1) is 0 Å². The number of carbonyl (C=O) groups excluding carboxylic acids is 1. The smallest absolute Gasteiger partial charge is 0.231 e. The summed E-state index contributed by atoms with van der Waals surface area (Å²) in [5.41, 5.74) is 3.32. The highest BCUT2D eigenvalue weighted by Gasteiger charge is 2.29. The minimum absolute atomic E-state index is 0.0663. The third-order valence-corrected chi connectivity index (χ3v) is 4.35. The highest BCUT2D eigenvalue weighted by atomic mass is 16.7. The monoisotopic (exact) mass is 296 g/mol. The summed E-state index contributed by atoms with van der Waals surface area (Å²) in [6.07, 6.45) is 0.998. The molecule has 0 bridgehead atoms. The summed E-state index contributed by atoms with van der Waals surface area (Å²) in [7, 11) is 1.65. The molecule has 0 saturated carbocycles. The van der Waals surface area contributed by atoms with Crippen LogP contribution in [0.3, 0.4) is 0 Å². The number of benzene rings is 2. The molecule has 1 atom stereocenters. The lowest BCUT2D eigenvalue weighted by molar-refractivity contribution is -0.119. The molecular formula is C18H16O4. The Balaban J connectivity index is 1.79. The fourth-order valence-corrected chi connectivity index (χ4v) is 3.23. The number of hydrogen-bond acceptors (Lipinski definition) is 4. The average molecular weight is 296 g/mol. The average Bonchev–Trinajstić information content (AvgIpc) is 2.99. The van der Waals surface area contributed by atoms with E-state index in [1.54, 1.807) is 7.11 Å². The van der Waals surface area contributed by atoms with Gasteiger partial charge in [0.15, 0.2) is 11.5 Å². The second-order valence-electron chi connectivity index (χ2n) is 5.65. The highest BCUT2D eigenvalue weighted by molar-refractivity contribution is 5.85. The number of ketones is 1. The van der Waals surface area contributed by atoms with Crippen LogP contribution in [-0.2, 0) is 11.2 Å². The van der Waals surface area contributed by atoms with Crippen LogP contribution in [0.2, 0.25) is 0 Å². The van der Waals surface area contributed by atoms with Crippen LogP contribution in [0.1, 0.15) is 29.0 Å². The maximum absolute atomic E-state index is 12.1. The molecule has 1 aliphatic carbocycles. The fraction of sp³-hybridized carbons (Fsp3) is 0.278. The molecule has 0 N–H and O–H groups in total. The van der Waals surface area contributed by atoms with Crippen molar-refractivity contribution in [3.05, 3.63) is 53.1 Å². The first-order valence-corrected chi connectivity index (χ1v) is 7.32. The van der Waals surface area contributed by atoms with E-state index in [0.29, 0.717) is 12.8 Å². The van der Waals surface area contributed by atoms with E-state index >= 15 is 0 Å². The van der Waals surface area contributed by atoms with Crippen molar-refractivity contribution in [2.75, 3.05) is 13.9 Å². The van der Waals surface area contributed by atoms with Gasteiger partial charge in [0.2, 0.25) is 6.79 Å². The molecule has 1 aliphatic heterocycles. The van der Waals surface area contributed by atoms with Crippen molar-refractivity contribution in [2.45, 2.75) is 18.8 Å². The van der Waals surface area contributed by atoms with E-state index in [4.69, 9.17) is 14.2 Å². The van der Waals surface area contributed by atoms with E-state index in [1.165, 1.54) is 0 Å². The van der Waals surface area contributed by atoms with Crippen LogP contribution in [0.4, 0.5) is 0 Å². The van der Waals surface area contributed by atoms with Crippen LogP contribution in [0, 0.1) is 0 Å². The molecule has 0 spiro atoms. The molecule has 4 heteroatoms. The summed E-state index contributed by atoms with van der Waals surface area (Å²) in [5, 5.41) is 0. The Bertz CT molecular complexity index is 733. The first kappa shape index (κ1) is 13.2. The van der Waals surface area contributed by atoms with Gasteiger partial charge in [0.25, 0.3) is 0 Å². The molecule has 22 heavy (non-hydrogen) atoms. The van der Waals surface area contributed by atoms with Crippen molar-refractivity contribution >= 4 is 5.78 Å². The van der Waals surface area contributed by atoms with E-state index in [-0.39, 0.29) is 18.5 Å². The zero-order valence-corrected chi connectivity index (χ0v) is 12.3. The summed E-state index contributed by atoms with van der Waals surface area (Å²) in [6.45, 7) is 0.249. The number of Topliss-reactive ketones (excluding diaryl/α,β-unsaturated/α-hetero) is 1. The molecule has 0 aromatic heterocycles. The zero-order valence-electron chi connectivity index (χ0n) is 12.3. The number of rotatable bonds is 2. The van der Waals surface area contributed by atoms with Crippen LogP contribution < -0.4 is 14.2 Å². The van der Waals surface area contributed by atoms with Gasteiger partial charge in [0.1, 0.15) is 11.5 Å². The summed E-state index contributed by atoms with van der Waals surface area (Å²) in [4.78, 5) is 12.1. The van der Waals surface area contributed by atoms with Crippen LogP contribution in [-0.4, -0.2) is 19.7 Å². The molecule has 0 amide bonds. The van der Waals surface area contributed by atoms with Crippen LogP contribution >= 0.6 is 0 Å². The topological polar surface area (TPSA) is 44.8 Å². The Morgan fingerprint density at radius 3 is 2.55 bits per heavy atom. The minimum atomic E-state index is 0.0663. The summed E-state index contributed by atoms with van der Waals surface area (Å²) in [5.74, 6) is 2.65. The number of ether oxygens (including phenoxy) is 3.